The van der Waals surface area contributed by atoms with Gasteiger partial charge in [0.15, 0.2) is 5.65 Å². The fourth-order valence-electron chi connectivity index (χ4n) is 2.97. The Morgan fingerprint density at radius 3 is 2.80 bits per heavy atom. The van der Waals surface area contributed by atoms with Crippen LogP contribution in [0.15, 0.2) is 73.3 Å². The number of nitrogens with one attached hydrogen (secondary N) is 2. The molecule has 0 bridgehead atoms. The van der Waals surface area contributed by atoms with Crippen molar-refractivity contribution in [2.75, 3.05) is 5.32 Å². The van der Waals surface area contributed by atoms with Crippen molar-refractivity contribution in [2.45, 2.75) is 0 Å². The summed E-state index contributed by atoms with van der Waals surface area (Å²) in [5.41, 5.74) is 3.82. The summed E-state index contributed by atoms with van der Waals surface area (Å²) in [5.74, 6) is 0.738. The molecule has 0 aliphatic rings. The zero-order valence-corrected chi connectivity index (χ0v) is 13.2. The largest absolute Gasteiger partial charge is 0.361 e. The van der Waals surface area contributed by atoms with Gasteiger partial charge in [0.25, 0.3) is 0 Å². The molecule has 2 N–H and O–H groups in total. The second-order valence-electron chi connectivity index (χ2n) is 5.76. The molecular formula is C19H14N6. The molecular weight excluding hydrogens is 312 g/mol. The lowest BCUT2D eigenvalue weighted by atomic mass is 10.2. The highest BCUT2D eigenvalue weighted by Gasteiger charge is 2.11. The van der Waals surface area contributed by atoms with E-state index in [1.54, 1.807) is 12.5 Å². The lowest BCUT2D eigenvalue weighted by Crippen LogP contribution is -1.99. The Bertz CT molecular complexity index is 1170. The van der Waals surface area contributed by atoms with Gasteiger partial charge in [0, 0.05) is 22.8 Å². The minimum Gasteiger partial charge on any atom is -0.361 e. The van der Waals surface area contributed by atoms with E-state index in [9.17, 15) is 0 Å². The van der Waals surface area contributed by atoms with E-state index in [1.807, 2.05) is 59.4 Å². The van der Waals surface area contributed by atoms with Crippen LogP contribution in [0.5, 0.6) is 0 Å². The fraction of sp³-hybridized carbons (Fsp3) is 0. The van der Waals surface area contributed by atoms with Gasteiger partial charge in [-0.1, -0.05) is 18.2 Å². The van der Waals surface area contributed by atoms with Crippen molar-refractivity contribution in [3.05, 3.63) is 73.3 Å². The molecule has 2 aromatic carbocycles. The molecule has 0 amide bonds. The van der Waals surface area contributed by atoms with Crippen molar-refractivity contribution in [3.63, 3.8) is 0 Å². The number of fused-ring (bicyclic) bond motifs is 2. The molecule has 0 unspecified atom stereocenters. The molecule has 0 saturated carbocycles. The first-order valence-corrected chi connectivity index (χ1v) is 7.97. The molecule has 25 heavy (non-hydrogen) atoms. The first-order chi connectivity index (χ1) is 12.4. The Balaban J connectivity index is 1.58. The quantitative estimate of drug-likeness (QED) is 0.525. The summed E-state index contributed by atoms with van der Waals surface area (Å²) < 4.78 is 1.82. The van der Waals surface area contributed by atoms with Crippen molar-refractivity contribution < 1.29 is 0 Å². The van der Waals surface area contributed by atoms with E-state index in [-0.39, 0.29) is 0 Å². The third-order valence-corrected chi connectivity index (χ3v) is 4.18. The number of hydrogen-bond acceptors (Lipinski definition) is 4. The molecule has 5 rings (SSSR count). The molecule has 6 heteroatoms. The lowest BCUT2D eigenvalue weighted by molar-refractivity contribution is 0.895. The van der Waals surface area contributed by atoms with Gasteiger partial charge in [0.05, 0.1) is 17.3 Å². The topological polar surface area (TPSA) is 71.4 Å². The maximum absolute atomic E-state index is 4.48. The van der Waals surface area contributed by atoms with Crippen LogP contribution in [-0.2, 0) is 0 Å². The molecule has 3 aromatic heterocycles. The van der Waals surface area contributed by atoms with Crippen molar-refractivity contribution in [2.24, 2.45) is 0 Å². The molecule has 3 heterocycles. The van der Waals surface area contributed by atoms with Gasteiger partial charge < -0.3 is 10.3 Å². The maximum atomic E-state index is 4.48. The number of para-hydroxylation sites is 1. The van der Waals surface area contributed by atoms with E-state index < -0.39 is 0 Å². The van der Waals surface area contributed by atoms with Gasteiger partial charge >= 0.3 is 0 Å². The molecule has 0 aliphatic carbocycles. The average molecular weight is 326 g/mol. The minimum absolute atomic E-state index is 0.738. The molecule has 0 spiro atoms. The highest BCUT2D eigenvalue weighted by molar-refractivity contribution is 5.90. The van der Waals surface area contributed by atoms with Crippen molar-refractivity contribution in [1.82, 2.24) is 24.7 Å². The highest BCUT2D eigenvalue weighted by Crippen LogP contribution is 2.26. The summed E-state index contributed by atoms with van der Waals surface area (Å²) in [5, 5.41) is 9.88. The number of nitrogens with zero attached hydrogens (tertiary/aromatic N) is 4. The van der Waals surface area contributed by atoms with E-state index in [1.165, 1.54) is 0 Å². The van der Waals surface area contributed by atoms with Crippen LogP contribution in [0.3, 0.4) is 0 Å². The van der Waals surface area contributed by atoms with E-state index in [2.05, 4.69) is 31.4 Å². The first-order valence-electron chi connectivity index (χ1n) is 7.97. The summed E-state index contributed by atoms with van der Waals surface area (Å²) in [4.78, 5) is 12.0. The average Bonchev–Trinajstić information content (AvgIpc) is 3.29. The van der Waals surface area contributed by atoms with Gasteiger partial charge in [-0.25, -0.2) is 14.6 Å². The zero-order chi connectivity index (χ0) is 16.6. The van der Waals surface area contributed by atoms with Crippen LogP contribution >= 0.6 is 0 Å². The van der Waals surface area contributed by atoms with E-state index >= 15 is 0 Å². The van der Waals surface area contributed by atoms with Crippen LogP contribution < -0.4 is 5.32 Å². The standard InChI is InChI=1S/C19H14N6/c1-2-4-15(5-3-1)25-19-16(11-23-25)18(21-12-22-19)24-14-6-7-17-13(10-14)8-9-20-17/h1-12,20H,(H,21,22,24). The SMILES string of the molecule is c1ccc(-n2ncc3c(Nc4ccc5[nH]ccc5c4)ncnc32)cc1. The Labute approximate surface area is 143 Å². The number of aromatic nitrogens is 5. The van der Waals surface area contributed by atoms with Crippen molar-refractivity contribution >= 4 is 33.4 Å². The Kier molecular flexibility index (Phi) is 3.00. The number of anilines is 2. The van der Waals surface area contributed by atoms with Gasteiger partial charge in [-0.15, -0.1) is 0 Å². The second-order valence-corrected chi connectivity index (χ2v) is 5.76. The van der Waals surface area contributed by atoms with E-state index in [4.69, 9.17) is 0 Å². The monoisotopic (exact) mass is 326 g/mol. The maximum Gasteiger partial charge on any atom is 0.168 e. The smallest absolute Gasteiger partial charge is 0.168 e. The summed E-state index contributed by atoms with van der Waals surface area (Å²) in [6, 6.07) is 18.1. The summed E-state index contributed by atoms with van der Waals surface area (Å²) in [6.45, 7) is 0. The molecule has 0 saturated heterocycles. The normalized spacial score (nSPS) is 11.2. The molecule has 0 aliphatic heterocycles. The summed E-state index contributed by atoms with van der Waals surface area (Å²) >= 11 is 0. The zero-order valence-electron chi connectivity index (χ0n) is 13.2. The molecule has 0 fully saturated rings. The van der Waals surface area contributed by atoms with Gasteiger partial charge in [0.2, 0.25) is 0 Å². The second kappa shape index (κ2) is 5.45. The van der Waals surface area contributed by atoms with Crippen LogP contribution in [0.4, 0.5) is 11.5 Å². The summed E-state index contributed by atoms with van der Waals surface area (Å²) in [6.07, 6.45) is 5.28. The molecule has 0 radical (unpaired) electrons. The van der Waals surface area contributed by atoms with Crippen molar-refractivity contribution in [1.29, 1.82) is 0 Å². The van der Waals surface area contributed by atoms with Crippen LogP contribution in [-0.4, -0.2) is 24.7 Å². The Hall–Kier alpha value is -3.67. The van der Waals surface area contributed by atoms with Crippen LogP contribution in [0.1, 0.15) is 0 Å². The predicted octanol–water partition coefficient (Wildman–Crippen LogP) is 4.04. The number of hydrogen-bond donors (Lipinski definition) is 2. The molecule has 5 aromatic rings. The van der Waals surface area contributed by atoms with Crippen LogP contribution in [0, 0.1) is 0 Å². The molecule has 6 nitrogen and oxygen atoms in total. The fourth-order valence-corrected chi connectivity index (χ4v) is 2.97. The van der Waals surface area contributed by atoms with Gasteiger partial charge in [-0.05, 0) is 36.4 Å². The molecule has 0 atom stereocenters. The van der Waals surface area contributed by atoms with Gasteiger partial charge in [0.1, 0.15) is 12.1 Å². The summed E-state index contributed by atoms with van der Waals surface area (Å²) in [7, 11) is 0. The minimum atomic E-state index is 0.738. The number of H-pyrrole nitrogens is 1. The predicted molar refractivity (Wildman–Crippen MR) is 98.2 cm³/mol. The van der Waals surface area contributed by atoms with Gasteiger partial charge in [-0.2, -0.15) is 5.10 Å². The number of aromatic amines is 1. The third-order valence-electron chi connectivity index (χ3n) is 4.18. The van der Waals surface area contributed by atoms with Gasteiger partial charge in [-0.3, -0.25) is 0 Å². The first kappa shape index (κ1) is 13.7. The van der Waals surface area contributed by atoms with Crippen molar-refractivity contribution in [3.8, 4) is 5.69 Å². The Morgan fingerprint density at radius 2 is 1.88 bits per heavy atom. The van der Waals surface area contributed by atoms with E-state index in [0.29, 0.717) is 0 Å². The third kappa shape index (κ3) is 2.31. The van der Waals surface area contributed by atoms with Crippen LogP contribution in [0.25, 0.3) is 27.6 Å². The highest BCUT2D eigenvalue weighted by atomic mass is 15.3. The number of benzene rings is 2. The Morgan fingerprint density at radius 1 is 0.960 bits per heavy atom. The number of rotatable bonds is 3. The van der Waals surface area contributed by atoms with Crippen LogP contribution in [0.2, 0.25) is 0 Å². The van der Waals surface area contributed by atoms with E-state index in [0.717, 1.165) is 39.1 Å². The lowest BCUT2D eigenvalue weighted by Gasteiger charge is -2.07. The molecule has 120 valence electrons.